The smallest absolute Gasteiger partial charge is 0.0136 e. The van der Waals surface area contributed by atoms with E-state index in [-0.39, 0.29) is 0 Å². The van der Waals surface area contributed by atoms with Gasteiger partial charge in [0.15, 0.2) is 0 Å². The van der Waals surface area contributed by atoms with Crippen LogP contribution in [0, 0.1) is 5.41 Å². The predicted molar refractivity (Wildman–Crippen MR) is 46.5 cm³/mol. The summed E-state index contributed by atoms with van der Waals surface area (Å²) < 4.78 is 0. The average molecular weight is 157 g/mol. The van der Waals surface area contributed by atoms with Crippen LogP contribution in [0.4, 0.5) is 0 Å². The van der Waals surface area contributed by atoms with Crippen LogP contribution >= 0.6 is 11.8 Å². The monoisotopic (exact) mass is 157 g/mol. The molecule has 1 aliphatic carbocycles. The van der Waals surface area contributed by atoms with Crippen molar-refractivity contribution in [2.45, 2.75) is 25.3 Å². The maximum Gasteiger partial charge on any atom is 0.0136 e. The van der Waals surface area contributed by atoms with Crippen molar-refractivity contribution < 1.29 is 0 Å². The topological polar surface area (TPSA) is 12.0 Å². The van der Waals surface area contributed by atoms with E-state index in [2.05, 4.69) is 24.1 Å². The van der Waals surface area contributed by atoms with Gasteiger partial charge in [-0.05, 0) is 37.5 Å². The highest BCUT2D eigenvalue weighted by atomic mass is 32.2. The molecule has 2 aliphatic rings. The van der Waals surface area contributed by atoms with Crippen LogP contribution in [0.3, 0.4) is 0 Å². The van der Waals surface area contributed by atoms with Crippen LogP contribution in [0.15, 0.2) is 0 Å². The van der Waals surface area contributed by atoms with E-state index in [1.807, 2.05) is 0 Å². The molecule has 2 heteroatoms. The summed E-state index contributed by atoms with van der Waals surface area (Å²) in [5, 5.41) is 3.44. The minimum absolute atomic E-state index is 0.748. The van der Waals surface area contributed by atoms with E-state index in [9.17, 15) is 0 Å². The minimum atomic E-state index is 0.748. The maximum atomic E-state index is 3.44. The van der Waals surface area contributed by atoms with Gasteiger partial charge in [-0.2, -0.15) is 11.8 Å². The molecule has 58 valence electrons. The lowest BCUT2D eigenvalue weighted by molar-refractivity contribution is 0.368. The molecule has 0 radical (unpaired) electrons. The van der Waals surface area contributed by atoms with Gasteiger partial charge in [-0.25, -0.2) is 0 Å². The highest BCUT2D eigenvalue weighted by molar-refractivity contribution is 7.99. The Bertz CT molecular complexity index is 131. The molecule has 10 heavy (non-hydrogen) atoms. The van der Waals surface area contributed by atoms with E-state index in [1.165, 1.54) is 30.8 Å². The Labute approximate surface area is 67.0 Å². The molecule has 1 aliphatic heterocycles. The molecule has 0 bridgehead atoms. The van der Waals surface area contributed by atoms with Gasteiger partial charge in [-0.15, -0.1) is 0 Å². The first-order valence-corrected chi connectivity index (χ1v) is 5.28. The van der Waals surface area contributed by atoms with Gasteiger partial charge in [0.25, 0.3) is 0 Å². The lowest BCUT2D eigenvalue weighted by atomic mass is 9.96. The summed E-state index contributed by atoms with van der Waals surface area (Å²) in [6, 6.07) is 0.841. The van der Waals surface area contributed by atoms with Crippen molar-refractivity contribution >= 4 is 11.8 Å². The maximum absolute atomic E-state index is 3.44. The van der Waals surface area contributed by atoms with Gasteiger partial charge in [0, 0.05) is 11.8 Å². The summed E-state index contributed by atoms with van der Waals surface area (Å²) in [6.07, 6.45) is 4.35. The van der Waals surface area contributed by atoms with Crippen LogP contribution in [-0.4, -0.2) is 24.6 Å². The number of thioether (sulfide) groups is 1. The molecule has 0 aromatic carbocycles. The molecule has 0 amide bonds. The highest BCUT2D eigenvalue weighted by Crippen LogP contribution is 2.54. The molecule has 1 saturated heterocycles. The van der Waals surface area contributed by atoms with Crippen molar-refractivity contribution in [1.82, 2.24) is 5.32 Å². The number of hydrogen-bond acceptors (Lipinski definition) is 2. The van der Waals surface area contributed by atoms with E-state index in [1.54, 1.807) is 0 Å². The van der Waals surface area contributed by atoms with Crippen LogP contribution in [-0.2, 0) is 0 Å². The van der Waals surface area contributed by atoms with Crippen molar-refractivity contribution in [2.75, 3.05) is 18.6 Å². The van der Waals surface area contributed by atoms with Gasteiger partial charge in [0.1, 0.15) is 0 Å². The summed E-state index contributed by atoms with van der Waals surface area (Å²) in [7, 11) is 2.11. The number of rotatable bonds is 1. The van der Waals surface area contributed by atoms with Crippen molar-refractivity contribution in [3.05, 3.63) is 0 Å². The summed E-state index contributed by atoms with van der Waals surface area (Å²) in [4.78, 5) is 0. The van der Waals surface area contributed by atoms with Crippen molar-refractivity contribution in [1.29, 1.82) is 0 Å². The zero-order chi connectivity index (χ0) is 7.03. The molecule has 1 unspecified atom stereocenters. The zero-order valence-corrected chi connectivity index (χ0v) is 7.34. The van der Waals surface area contributed by atoms with Gasteiger partial charge >= 0.3 is 0 Å². The average Bonchev–Trinajstić information content (AvgIpc) is 2.71. The second-order valence-corrected chi connectivity index (χ2v) is 4.65. The first-order valence-electron chi connectivity index (χ1n) is 4.12. The quantitative estimate of drug-likeness (QED) is 0.619. The first-order chi connectivity index (χ1) is 4.87. The third kappa shape index (κ3) is 0.978. The lowest BCUT2D eigenvalue weighted by Gasteiger charge is -2.30. The van der Waals surface area contributed by atoms with Crippen LogP contribution in [0.5, 0.6) is 0 Å². The van der Waals surface area contributed by atoms with Crippen LogP contribution < -0.4 is 5.32 Å². The Morgan fingerprint density at radius 1 is 1.50 bits per heavy atom. The lowest BCUT2D eigenvalue weighted by Crippen LogP contribution is -2.39. The van der Waals surface area contributed by atoms with Crippen LogP contribution in [0.25, 0.3) is 0 Å². The van der Waals surface area contributed by atoms with Crippen LogP contribution in [0.1, 0.15) is 19.3 Å². The van der Waals surface area contributed by atoms with Crippen molar-refractivity contribution in [3.63, 3.8) is 0 Å². The first kappa shape index (κ1) is 6.99. The molecule has 0 aromatic heterocycles. The minimum Gasteiger partial charge on any atom is -0.316 e. The van der Waals surface area contributed by atoms with Gasteiger partial charge in [-0.1, -0.05) is 0 Å². The summed E-state index contributed by atoms with van der Waals surface area (Å²) in [6.45, 7) is 0. The standard InChI is InChI=1S/C8H15NS/c1-9-7-2-5-10-6-8(7)3-4-8/h7,9H,2-6H2,1H3. The molecule has 0 aromatic rings. The van der Waals surface area contributed by atoms with Crippen molar-refractivity contribution in [3.8, 4) is 0 Å². The third-order valence-corrected chi connectivity index (χ3v) is 4.22. The summed E-state index contributed by atoms with van der Waals surface area (Å²) in [5.41, 5.74) is 0.748. The number of nitrogens with one attached hydrogen (secondary N) is 1. The Kier molecular flexibility index (Phi) is 1.69. The molecule has 1 saturated carbocycles. The largest absolute Gasteiger partial charge is 0.316 e. The number of hydrogen-bond donors (Lipinski definition) is 1. The highest BCUT2D eigenvalue weighted by Gasteiger charge is 2.49. The van der Waals surface area contributed by atoms with E-state index in [4.69, 9.17) is 0 Å². The molecule has 1 spiro atoms. The van der Waals surface area contributed by atoms with Gasteiger partial charge < -0.3 is 5.32 Å². The molecular weight excluding hydrogens is 142 g/mol. The SMILES string of the molecule is CNC1CCSCC12CC2. The van der Waals surface area contributed by atoms with E-state index in [0.29, 0.717) is 0 Å². The molecule has 1 N–H and O–H groups in total. The molecule has 2 rings (SSSR count). The Hall–Kier alpha value is 0.310. The summed E-state index contributed by atoms with van der Waals surface area (Å²) in [5.74, 6) is 2.78. The van der Waals surface area contributed by atoms with Gasteiger partial charge in [0.2, 0.25) is 0 Å². The molecule has 1 atom stereocenters. The van der Waals surface area contributed by atoms with E-state index in [0.717, 1.165) is 11.5 Å². The predicted octanol–water partition coefficient (Wildman–Crippen LogP) is 1.49. The van der Waals surface area contributed by atoms with Gasteiger partial charge in [0.05, 0.1) is 0 Å². The van der Waals surface area contributed by atoms with Crippen LogP contribution in [0.2, 0.25) is 0 Å². The zero-order valence-electron chi connectivity index (χ0n) is 6.52. The second kappa shape index (κ2) is 2.42. The fourth-order valence-corrected chi connectivity index (χ4v) is 3.43. The van der Waals surface area contributed by atoms with Crippen molar-refractivity contribution in [2.24, 2.45) is 5.41 Å². The summed E-state index contributed by atoms with van der Waals surface area (Å²) >= 11 is 2.14. The molecule has 1 nitrogen and oxygen atoms in total. The fraction of sp³-hybridized carbons (Fsp3) is 1.00. The second-order valence-electron chi connectivity index (χ2n) is 3.54. The fourth-order valence-electron chi connectivity index (χ4n) is 1.99. The Balaban J connectivity index is 2.01. The molecule has 1 heterocycles. The molecular formula is C8H15NS. The van der Waals surface area contributed by atoms with Gasteiger partial charge in [-0.3, -0.25) is 0 Å². The normalized spacial score (nSPS) is 36.3. The Morgan fingerprint density at radius 2 is 2.30 bits per heavy atom. The van der Waals surface area contributed by atoms with E-state index >= 15 is 0 Å². The van der Waals surface area contributed by atoms with E-state index < -0.39 is 0 Å². The third-order valence-electron chi connectivity index (χ3n) is 2.92. The Morgan fingerprint density at radius 3 is 2.80 bits per heavy atom. The molecule has 2 fully saturated rings.